The number of carbonyl (C=O) groups is 1. The molecular formula is C17H21N3O2. The molecule has 0 spiro atoms. The molecule has 0 aliphatic heterocycles. The summed E-state index contributed by atoms with van der Waals surface area (Å²) in [5, 5.41) is 5.82. The van der Waals surface area contributed by atoms with Gasteiger partial charge in [0.2, 0.25) is 0 Å². The van der Waals surface area contributed by atoms with Crippen LogP contribution in [0.3, 0.4) is 0 Å². The van der Waals surface area contributed by atoms with Gasteiger partial charge >= 0.3 is 6.09 Å². The molecule has 0 saturated heterocycles. The van der Waals surface area contributed by atoms with Crippen LogP contribution in [0.1, 0.15) is 32.3 Å². The molecule has 0 atom stereocenters. The van der Waals surface area contributed by atoms with E-state index < -0.39 is 6.09 Å². The van der Waals surface area contributed by atoms with Crippen molar-refractivity contribution in [2.24, 2.45) is 0 Å². The summed E-state index contributed by atoms with van der Waals surface area (Å²) in [7, 11) is 0. The first-order chi connectivity index (χ1) is 10.6. The van der Waals surface area contributed by atoms with Crippen LogP contribution in [0.4, 0.5) is 22.0 Å². The Morgan fingerprint density at radius 2 is 1.82 bits per heavy atom. The lowest BCUT2D eigenvalue weighted by Gasteiger charge is -2.10. The van der Waals surface area contributed by atoms with Crippen molar-refractivity contribution in [3.63, 3.8) is 0 Å². The van der Waals surface area contributed by atoms with Crippen molar-refractivity contribution in [1.82, 2.24) is 4.98 Å². The summed E-state index contributed by atoms with van der Waals surface area (Å²) in [6.07, 6.45) is 1.16. The van der Waals surface area contributed by atoms with Crippen molar-refractivity contribution in [3.05, 3.63) is 48.2 Å². The molecular weight excluding hydrogens is 278 g/mol. The highest BCUT2D eigenvalue weighted by Crippen LogP contribution is 2.20. The van der Waals surface area contributed by atoms with E-state index >= 15 is 0 Å². The Kier molecular flexibility index (Phi) is 5.36. The fourth-order valence-corrected chi connectivity index (χ4v) is 1.93. The predicted molar refractivity (Wildman–Crippen MR) is 88.7 cm³/mol. The summed E-state index contributed by atoms with van der Waals surface area (Å²) in [6, 6.07) is 11.9. The molecule has 5 nitrogen and oxygen atoms in total. The largest absolute Gasteiger partial charge is 0.450 e. The molecule has 0 aliphatic carbocycles. The molecule has 2 aromatic rings. The summed E-state index contributed by atoms with van der Waals surface area (Å²) in [4.78, 5) is 15.5. The Hall–Kier alpha value is -2.56. The summed E-state index contributed by atoms with van der Waals surface area (Å²) in [5.74, 6) is 0.975. The van der Waals surface area contributed by atoms with Gasteiger partial charge in [0.05, 0.1) is 18.5 Å². The standard InChI is InChI=1S/C17H21N3O2/c1-4-22-17(21)20-16-10-9-15(11-18-16)19-14-7-5-13(6-8-14)12(2)3/h5-12,19H,4H2,1-3H3,(H,18,20,21). The summed E-state index contributed by atoms with van der Waals surface area (Å²) in [6.45, 7) is 6.42. The highest BCUT2D eigenvalue weighted by atomic mass is 16.5. The van der Waals surface area contributed by atoms with Gasteiger partial charge in [-0.25, -0.2) is 9.78 Å². The van der Waals surface area contributed by atoms with Crippen molar-refractivity contribution in [2.45, 2.75) is 26.7 Å². The Bertz CT molecular complexity index is 607. The first kappa shape index (κ1) is 15.8. The van der Waals surface area contributed by atoms with Crippen LogP contribution >= 0.6 is 0 Å². The minimum atomic E-state index is -0.500. The lowest BCUT2D eigenvalue weighted by molar-refractivity contribution is 0.168. The highest BCUT2D eigenvalue weighted by molar-refractivity contribution is 5.83. The van der Waals surface area contributed by atoms with E-state index in [-0.39, 0.29) is 0 Å². The van der Waals surface area contributed by atoms with E-state index in [2.05, 4.69) is 41.6 Å². The van der Waals surface area contributed by atoms with Gasteiger partial charge in [-0.2, -0.15) is 0 Å². The maximum atomic E-state index is 11.3. The highest BCUT2D eigenvalue weighted by Gasteiger charge is 2.03. The number of nitrogens with one attached hydrogen (secondary N) is 2. The van der Waals surface area contributed by atoms with Crippen LogP contribution in [0.25, 0.3) is 0 Å². The van der Waals surface area contributed by atoms with Gasteiger partial charge in [-0.15, -0.1) is 0 Å². The van der Waals surface area contributed by atoms with Gasteiger partial charge in [-0.1, -0.05) is 26.0 Å². The molecule has 0 aliphatic rings. The van der Waals surface area contributed by atoms with E-state index in [4.69, 9.17) is 4.74 Å². The SMILES string of the molecule is CCOC(=O)Nc1ccc(Nc2ccc(C(C)C)cc2)cn1. The number of hydrogen-bond acceptors (Lipinski definition) is 4. The lowest BCUT2D eigenvalue weighted by Crippen LogP contribution is -2.14. The summed E-state index contributed by atoms with van der Waals surface area (Å²) < 4.78 is 4.80. The number of pyridine rings is 1. The molecule has 5 heteroatoms. The normalized spacial score (nSPS) is 10.4. The van der Waals surface area contributed by atoms with E-state index in [9.17, 15) is 4.79 Å². The van der Waals surface area contributed by atoms with Crippen LogP contribution in [0.2, 0.25) is 0 Å². The third-order valence-electron chi connectivity index (χ3n) is 3.14. The molecule has 2 N–H and O–H groups in total. The minimum absolute atomic E-state index is 0.331. The van der Waals surface area contributed by atoms with E-state index in [1.54, 1.807) is 19.2 Å². The molecule has 0 fully saturated rings. The Balaban J connectivity index is 1.97. The zero-order valence-corrected chi connectivity index (χ0v) is 13.1. The number of ether oxygens (including phenoxy) is 1. The van der Waals surface area contributed by atoms with E-state index in [0.717, 1.165) is 11.4 Å². The third-order valence-corrected chi connectivity index (χ3v) is 3.14. The number of amides is 1. The molecule has 116 valence electrons. The number of nitrogens with zero attached hydrogens (tertiary/aromatic N) is 1. The van der Waals surface area contributed by atoms with E-state index in [0.29, 0.717) is 18.3 Å². The second-order valence-electron chi connectivity index (χ2n) is 5.18. The maximum absolute atomic E-state index is 11.3. The van der Waals surface area contributed by atoms with Gasteiger partial charge in [0, 0.05) is 5.69 Å². The van der Waals surface area contributed by atoms with Crippen LogP contribution in [-0.4, -0.2) is 17.7 Å². The maximum Gasteiger partial charge on any atom is 0.412 e. The molecule has 1 heterocycles. The van der Waals surface area contributed by atoms with Crippen molar-refractivity contribution < 1.29 is 9.53 Å². The molecule has 22 heavy (non-hydrogen) atoms. The molecule has 2 rings (SSSR count). The van der Waals surface area contributed by atoms with Gasteiger partial charge in [-0.3, -0.25) is 5.32 Å². The Labute approximate surface area is 130 Å². The van der Waals surface area contributed by atoms with Crippen LogP contribution < -0.4 is 10.6 Å². The first-order valence-electron chi connectivity index (χ1n) is 7.35. The van der Waals surface area contributed by atoms with Crippen molar-refractivity contribution in [2.75, 3.05) is 17.2 Å². The Morgan fingerprint density at radius 3 is 2.36 bits per heavy atom. The average molecular weight is 299 g/mol. The molecule has 0 bridgehead atoms. The molecule has 1 aromatic carbocycles. The minimum Gasteiger partial charge on any atom is -0.450 e. The molecule has 1 amide bonds. The molecule has 0 radical (unpaired) electrons. The third kappa shape index (κ3) is 4.48. The number of benzene rings is 1. The zero-order chi connectivity index (χ0) is 15.9. The Morgan fingerprint density at radius 1 is 1.14 bits per heavy atom. The topological polar surface area (TPSA) is 63.2 Å². The quantitative estimate of drug-likeness (QED) is 0.852. The van der Waals surface area contributed by atoms with Crippen LogP contribution in [0.5, 0.6) is 0 Å². The number of carbonyl (C=O) groups excluding carboxylic acids is 1. The van der Waals surface area contributed by atoms with Crippen molar-refractivity contribution >= 4 is 23.3 Å². The average Bonchev–Trinajstić information content (AvgIpc) is 2.50. The second-order valence-corrected chi connectivity index (χ2v) is 5.18. The molecule has 0 saturated carbocycles. The van der Waals surface area contributed by atoms with Crippen LogP contribution in [0, 0.1) is 0 Å². The van der Waals surface area contributed by atoms with Gasteiger partial charge in [0.25, 0.3) is 0 Å². The molecule has 1 aromatic heterocycles. The fourth-order valence-electron chi connectivity index (χ4n) is 1.93. The van der Waals surface area contributed by atoms with Gasteiger partial charge in [0.15, 0.2) is 0 Å². The first-order valence-corrected chi connectivity index (χ1v) is 7.35. The fraction of sp³-hybridized carbons (Fsp3) is 0.294. The van der Waals surface area contributed by atoms with Gasteiger partial charge in [0.1, 0.15) is 5.82 Å². The molecule has 0 unspecified atom stereocenters. The van der Waals surface area contributed by atoms with E-state index in [1.165, 1.54) is 5.56 Å². The number of aromatic nitrogens is 1. The lowest BCUT2D eigenvalue weighted by atomic mass is 10.0. The van der Waals surface area contributed by atoms with E-state index in [1.807, 2.05) is 18.2 Å². The summed E-state index contributed by atoms with van der Waals surface area (Å²) in [5.41, 5.74) is 3.15. The number of rotatable bonds is 5. The monoisotopic (exact) mass is 299 g/mol. The second kappa shape index (κ2) is 7.45. The van der Waals surface area contributed by atoms with Gasteiger partial charge in [-0.05, 0) is 42.7 Å². The van der Waals surface area contributed by atoms with Crippen LogP contribution in [0.15, 0.2) is 42.6 Å². The van der Waals surface area contributed by atoms with Gasteiger partial charge < -0.3 is 10.1 Å². The summed E-state index contributed by atoms with van der Waals surface area (Å²) >= 11 is 0. The van der Waals surface area contributed by atoms with Crippen LogP contribution in [-0.2, 0) is 4.74 Å². The number of hydrogen-bond donors (Lipinski definition) is 2. The predicted octanol–water partition coefficient (Wildman–Crippen LogP) is 4.52. The zero-order valence-electron chi connectivity index (χ0n) is 13.1. The van der Waals surface area contributed by atoms with Crippen molar-refractivity contribution in [1.29, 1.82) is 0 Å². The number of anilines is 3. The van der Waals surface area contributed by atoms with Crippen molar-refractivity contribution in [3.8, 4) is 0 Å². The smallest absolute Gasteiger partial charge is 0.412 e.